The zero-order valence-corrected chi connectivity index (χ0v) is 12.1. The standard InChI is InChI=1S/C16H23N3/c1-13(15-7-5-4-6-8-15)9-10-17-11-16-12-19(3)18-14(16)2/h4-8,12-13,17H,9-11H2,1-3H3. The molecule has 0 aliphatic carbocycles. The van der Waals surface area contributed by atoms with Crippen LogP contribution in [0.15, 0.2) is 36.5 Å². The monoisotopic (exact) mass is 257 g/mol. The van der Waals surface area contributed by atoms with Gasteiger partial charge in [0.25, 0.3) is 0 Å². The predicted molar refractivity (Wildman–Crippen MR) is 79.1 cm³/mol. The molecule has 0 bridgehead atoms. The summed E-state index contributed by atoms with van der Waals surface area (Å²) < 4.78 is 1.87. The summed E-state index contributed by atoms with van der Waals surface area (Å²) in [4.78, 5) is 0. The van der Waals surface area contributed by atoms with Gasteiger partial charge in [-0.1, -0.05) is 37.3 Å². The lowest BCUT2D eigenvalue weighted by molar-refractivity contribution is 0.593. The Balaban J connectivity index is 1.74. The van der Waals surface area contributed by atoms with E-state index in [1.807, 2.05) is 11.7 Å². The molecule has 0 aliphatic heterocycles. The molecule has 2 aromatic rings. The lowest BCUT2D eigenvalue weighted by Crippen LogP contribution is -2.16. The number of aromatic nitrogens is 2. The summed E-state index contributed by atoms with van der Waals surface area (Å²) in [6.07, 6.45) is 3.24. The van der Waals surface area contributed by atoms with Crippen LogP contribution in [0.5, 0.6) is 0 Å². The molecule has 0 radical (unpaired) electrons. The fourth-order valence-electron chi connectivity index (χ4n) is 2.31. The van der Waals surface area contributed by atoms with E-state index in [0.717, 1.165) is 25.2 Å². The van der Waals surface area contributed by atoms with Crippen LogP contribution in [0.1, 0.15) is 36.1 Å². The Morgan fingerprint density at radius 1 is 1.26 bits per heavy atom. The van der Waals surface area contributed by atoms with E-state index in [-0.39, 0.29) is 0 Å². The average Bonchev–Trinajstić information content (AvgIpc) is 2.74. The number of hydrogen-bond donors (Lipinski definition) is 1. The molecule has 2 rings (SSSR count). The van der Waals surface area contributed by atoms with E-state index < -0.39 is 0 Å². The summed E-state index contributed by atoms with van der Waals surface area (Å²) in [5, 5.41) is 7.85. The van der Waals surface area contributed by atoms with Gasteiger partial charge in [0.1, 0.15) is 0 Å². The van der Waals surface area contributed by atoms with Crippen molar-refractivity contribution in [3.8, 4) is 0 Å². The van der Waals surface area contributed by atoms with E-state index >= 15 is 0 Å². The molecule has 0 amide bonds. The Kier molecular flexibility index (Phi) is 4.74. The summed E-state index contributed by atoms with van der Waals surface area (Å²) in [6.45, 7) is 6.28. The number of nitrogens with one attached hydrogen (secondary N) is 1. The maximum atomic E-state index is 4.35. The second-order valence-electron chi connectivity index (χ2n) is 5.19. The summed E-state index contributed by atoms with van der Waals surface area (Å²) >= 11 is 0. The van der Waals surface area contributed by atoms with Crippen molar-refractivity contribution in [3.63, 3.8) is 0 Å². The molecule has 19 heavy (non-hydrogen) atoms. The third kappa shape index (κ3) is 3.93. The van der Waals surface area contributed by atoms with Gasteiger partial charge in [-0.2, -0.15) is 5.10 Å². The quantitative estimate of drug-likeness (QED) is 0.806. The Bertz CT molecular complexity index is 502. The van der Waals surface area contributed by atoms with Crippen LogP contribution in [0.3, 0.4) is 0 Å². The molecule has 3 nitrogen and oxygen atoms in total. The van der Waals surface area contributed by atoms with Crippen molar-refractivity contribution in [2.24, 2.45) is 7.05 Å². The van der Waals surface area contributed by atoms with Crippen molar-refractivity contribution in [2.75, 3.05) is 6.54 Å². The molecular formula is C16H23N3. The first-order chi connectivity index (χ1) is 9.16. The summed E-state index contributed by atoms with van der Waals surface area (Å²) in [6, 6.07) is 10.7. The topological polar surface area (TPSA) is 29.9 Å². The molecule has 0 aliphatic rings. The first kappa shape index (κ1) is 13.8. The van der Waals surface area contributed by atoms with Crippen molar-refractivity contribution >= 4 is 0 Å². The molecule has 1 unspecified atom stereocenters. The largest absolute Gasteiger partial charge is 0.313 e. The fourth-order valence-corrected chi connectivity index (χ4v) is 2.31. The van der Waals surface area contributed by atoms with Gasteiger partial charge in [-0.05, 0) is 31.4 Å². The highest BCUT2D eigenvalue weighted by molar-refractivity contribution is 5.18. The summed E-state index contributed by atoms with van der Waals surface area (Å²) in [5.41, 5.74) is 3.82. The Labute approximate surface area is 115 Å². The number of rotatable bonds is 6. The summed E-state index contributed by atoms with van der Waals surface area (Å²) in [7, 11) is 1.97. The lowest BCUT2D eigenvalue weighted by atomic mass is 9.98. The van der Waals surface area contributed by atoms with Crippen LogP contribution >= 0.6 is 0 Å². The van der Waals surface area contributed by atoms with Gasteiger partial charge in [0, 0.05) is 25.4 Å². The van der Waals surface area contributed by atoms with Crippen molar-refractivity contribution < 1.29 is 0 Å². The first-order valence-corrected chi connectivity index (χ1v) is 6.91. The molecule has 0 fully saturated rings. The van der Waals surface area contributed by atoms with E-state index in [0.29, 0.717) is 5.92 Å². The highest BCUT2D eigenvalue weighted by Gasteiger charge is 2.05. The molecule has 1 aromatic carbocycles. The van der Waals surface area contributed by atoms with Crippen molar-refractivity contribution in [3.05, 3.63) is 53.3 Å². The fraction of sp³-hybridized carbons (Fsp3) is 0.438. The normalized spacial score (nSPS) is 12.6. The van der Waals surface area contributed by atoms with Crippen LogP contribution in [0.2, 0.25) is 0 Å². The molecule has 1 heterocycles. The Morgan fingerprint density at radius 2 is 2.00 bits per heavy atom. The molecule has 0 saturated carbocycles. The van der Waals surface area contributed by atoms with Gasteiger partial charge in [0.15, 0.2) is 0 Å². The minimum absolute atomic E-state index is 0.601. The highest BCUT2D eigenvalue weighted by atomic mass is 15.2. The number of nitrogens with zero attached hydrogens (tertiary/aromatic N) is 2. The predicted octanol–water partition coefficient (Wildman–Crippen LogP) is 3.01. The number of benzene rings is 1. The van der Waals surface area contributed by atoms with Crippen molar-refractivity contribution in [2.45, 2.75) is 32.7 Å². The third-order valence-electron chi connectivity index (χ3n) is 3.55. The lowest BCUT2D eigenvalue weighted by Gasteiger charge is -2.12. The van der Waals surface area contributed by atoms with Crippen LogP contribution in [0.25, 0.3) is 0 Å². The third-order valence-corrected chi connectivity index (χ3v) is 3.55. The number of hydrogen-bond acceptors (Lipinski definition) is 2. The van der Waals surface area contributed by atoms with Gasteiger partial charge in [-0.25, -0.2) is 0 Å². The van der Waals surface area contributed by atoms with Gasteiger partial charge >= 0.3 is 0 Å². The van der Waals surface area contributed by atoms with Crippen molar-refractivity contribution in [1.82, 2.24) is 15.1 Å². The molecule has 3 heteroatoms. The van der Waals surface area contributed by atoms with Crippen molar-refractivity contribution in [1.29, 1.82) is 0 Å². The number of aryl methyl sites for hydroxylation is 2. The minimum atomic E-state index is 0.601. The smallest absolute Gasteiger partial charge is 0.0638 e. The van der Waals surface area contributed by atoms with Crippen LogP contribution in [0, 0.1) is 6.92 Å². The Hall–Kier alpha value is -1.61. The molecule has 102 valence electrons. The van der Waals surface area contributed by atoms with Gasteiger partial charge in [-0.3, -0.25) is 4.68 Å². The van der Waals surface area contributed by atoms with E-state index in [1.54, 1.807) is 0 Å². The zero-order chi connectivity index (χ0) is 13.7. The van der Waals surface area contributed by atoms with E-state index in [1.165, 1.54) is 11.1 Å². The first-order valence-electron chi connectivity index (χ1n) is 6.91. The van der Waals surface area contributed by atoms with Gasteiger partial charge in [0.05, 0.1) is 5.69 Å². The van der Waals surface area contributed by atoms with Gasteiger partial charge < -0.3 is 5.32 Å². The highest BCUT2D eigenvalue weighted by Crippen LogP contribution is 2.17. The van der Waals surface area contributed by atoms with E-state index in [2.05, 4.69) is 60.8 Å². The second-order valence-corrected chi connectivity index (χ2v) is 5.19. The van der Waals surface area contributed by atoms with Gasteiger partial charge in [-0.15, -0.1) is 0 Å². The average molecular weight is 257 g/mol. The van der Waals surface area contributed by atoms with Crippen LogP contribution < -0.4 is 5.32 Å². The molecule has 1 atom stereocenters. The summed E-state index contributed by atoms with van der Waals surface area (Å²) in [5.74, 6) is 0.601. The maximum absolute atomic E-state index is 4.35. The SMILES string of the molecule is Cc1nn(C)cc1CNCCC(C)c1ccccc1. The zero-order valence-electron chi connectivity index (χ0n) is 12.1. The van der Waals surface area contributed by atoms with Crippen LogP contribution in [0.4, 0.5) is 0 Å². The van der Waals surface area contributed by atoms with E-state index in [9.17, 15) is 0 Å². The second kappa shape index (κ2) is 6.53. The van der Waals surface area contributed by atoms with E-state index in [4.69, 9.17) is 0 Å². The molecule has 1 N–H and O–H groups in total. The van der Waals surface area contributed by atoms with Gasteiger partial charge in [0.2, 0.25) is 0 Å². The van der Waals surface area contributed by atoms with Crippen LogP contribution in [-0.4, -0.2) is 16.3 Å². The molecule has 0 saturated heterocycles. The Morgan fingerprint density at radius 3 is 2.63 bits per heavy atom. The minimum Gasteiger partial charge on any atom is -0.313 e. The maximum Gasteiger partial charge on any atom is 0.0638 e. The molecule has 0 spiro atoms. The molecule has 1 aromatic heterocycles. The van der Waals surface area contributed by atoms with Crippen LogP contribution in [-0.2, 0) is 13.6 Å². The molecular weight excluding hydrogens is 234 g/mol.